The van der Waals surface area contributed by atoms with Crippen LogP contribution in [0.25, 0.3) is 0 Å². The van der Waals surface area contributed by atoms with E-state index in [4.69, 9.17) is 0 Å². The van der Waals surface area contributed by atoms with Gasteiger partial charge in [-0.15, -0.1) is 0 Å². The molecule has 2 nitrogen and oxygen atoms in total. The fourth-order valence-corrected chi connectivity index (χ4v) is 2.85. The van der Waals surface area contributed by atoms with Crippen molar-refractivity contribution in [3.63, 3.8) is 0 Å². The number of unbranched alkanes of at least 4 members (excludes halogenated alkanes) is 2. The van der Waals surface area contributed by atoms with Crippen molar-refractivity contribution in [2.24, 2.45) is 0 Å². The van der Waals surface area contributed by atoms with Crippen molar-refractivity contribution >= 4 is 2.14 Å². The molecule has 0 aromatic heterocycles. The standard InChI is InChI=1S/C7H9F3O2SXe/c1-2-3-4-5-6-14-13(11,12)7(8,9)10/h2-4H2,1H3. The third kappa shape index (κ3) is 5.68. The summed E-state index contributed by atoms with van der Waals surface area (Å²) in [5.41, 5.74) is -5.15. The van der Waals surface area contributed by atoms with Crippen LogP contribution >= 0.6 is 0 Å². The van der Waals surface area contributed by atoms with Gasteiger partial charge in [0, 0.05) is 0 Å². The summed E-state index contributed by atoms with van der Waals surface area (Å²) in [6.07, 6.45) is 2.12. The first kappa shape index (κ1) is 14.9. The summed E-state index contributed by atoms with van der Waals surface area (Å²) in [7, 11) is 0. The van der Waals surface area contributed by atoms with Crippen molar-refractivity contribution in [1.82, 2.24) is 0 Å². The molecule has 0 rings (SSSR count). The van der Waals surface area contributed by atoms with Crippen LogP contribution in [-0.2, 0) is 2.14 Å². The normalized spacial score (nSPS) is 12.3. The Hall–Kier alpha value is 0.871. The number of rotatable bonds is 3. The predicted octanol–water partition coefficient (Wildman–Crippen LogP) is 2.07. The molecular weight excluding hydrogens is 336 g/mol. The molecule has 0 bridgehead atoms. The van der Waals surface area contributed by atoms with Gasteiger partial charge in [0.15, 0.2) is 0 Å². The van der Waals surface area contributed by atoms with Crippen LogP contribution in [0.4, 0.5) is 13.2 Å². The number of hydrogen-bond acceptors (Lipinski definition) is 2. The van der Waals surface area contributed by atoms with Crippen molar-refractivity contribution in [3.05, 3.63) is 0 Å². The fraction of sp³-hybridized carbons (Fsp3) is 0.714. The minimum atomic E-state index is -5.15. The van der Waals surface area contributed by atoms with Crippen LogP contribution in [0.3, 0.4) is 0 Å². The van der Waals surface area contributed by atoms with E-state index in [9.17, 15) is 21.6 Å². The second-order valence-electron chi connectivity index (χ2n) is 2.31. The van der Waals surface area contributed by atoms with Gasteiger partial charge in [-0.2, -0.15) is 0 Å². The SMILES string of the molecule is CCCCC#C[Xe]S(=O)(=O)C(F)(F)F. The summed E-state index contributed by atoms with van der Waals surface area (Å²) in [6, 6.07) is 0. The zero-order valence-electron chi connectivity index (χ0n) is 7.33. The molecule has 0 aromatic carbocycles. The van der Waals surface area contributed by atoms with Gasteiger partial charge in [0.2, 0.25) is 0 Å². The van der Waals surface area contributed by atoms with Crippen LogP contribution in [0.2, 0.25) is 0 Å². The Labute approximate surface area is 102 Å². The molecule has 0 spiro atoms. The summed E-state index contributed by atoms with van der Waals surface area (Å²) in [6.45, 7) is 1.92. The van der Waals surface area contributed by atoms with E-state index in [0.29, 0.717) is 6.42 Å². The molecule has 0 radical (unpaired) electrons. The summed E-state index contributed by atoms with van der Waals surface area (Å²) in [5, 5.41) is 0. The van der Waals surface area contributed by atoms with Crippen LogP contribution in [0, 0.1) is 48.3 Å². The molecule has 0 aliphatic heterocycles. The van der Waals surface area contributed by atoms with E-state index >= 15 is 0 Å². The van der Waals surface area contributed by atoms with E-state index in [-0.39, 0.29) is 0 Å². The Bertz CT molecular complexity index is 323. The van der Waals surface area contributed by atoms with E-state index in [1.165, 1.54) is 0 Å². The maximum absolute atomic E-state index is 11.8. The van der Waals surface area contributed by atoms with Crippen LogP contribution in [-0.4, -0.2) is 13.9 Å². The topological polar surface area (TPSA) is 34.1 Å². The zero-order chi connectivity index (χ0) is 11.2. The quantitative estimate of drug-likeness (QED) is 0.580. The third-order valence-corrected chi connectivity index (χ3v) is 5.93. The predicted molar refractivity (Wildman–Crippen MR) is 42.3 cm³/mol. The Balaban J connectivity index is 4.18. The Morgan fingerprint density at radius 1 is 1.36 bits per heavy atom. The molecule has 0 saturated carbocycles. The summed E-state index contributed by atoms with van der Waals surface area (Å²) in [5.74, 6) is 2.43. The second-order valence-corrected chi connectivity index (χ2v) is 8.76. The van der Waals surface area contributed by atoms with Crippen LogP contribution in [0.1, 0.15) is 26.2 Å². The molecule has 0 amide bonds. The molecule has 0 aliphatic rings. The molecule has 0 saturated heterocycles. The summed E-state index contributed by atoms with van der Waals surface area (Å²) < 4.78 is 53.5. The minimum absolute atomic E-state index is 0.457. The van der Waals surface area contributed by atoms with Crippen LogP contribution in [0.15, 0.2) is 0 Å². The molecule has 14 heavy (non-hydrogen) atoms. The summed E-state index contributed by atoms with van der Waals surface area (Å²) in [4.78, 5) is 0. The average molecular weight is 345 g/mol. The average Bonchev–Trinajstić information content (AvgIpc) is 2.02. The van der Waals surface area contributed by atoms with Gasteiger partial charge >= 0.3 is 104 Å². The van der Waals surface area contributed by atoms with Gasteiger partial charge in [0.1, 0.15) is 0 Å². The maximum atomic E-state index is 11.8. The fourth-order valence-electron chi connectivity index (χ4n) is 0.423. The molecule has 0 aliphatic carbocycles. The van der Waals surface area contributed by atoms with Gasteiger partial charge in [0.25, 0.3) is 0 Å². The van der Waals surface area contributed by atoms with Gasteiger partial charge < -0.3 is 0 Å². The second kappa shape index (κ2) is 6.45. The Morgan fingerprint density at radius 3 is 2.36 bits per heavy atom. The third-order valence-electron chi connectivity index (χ3n) is 1.12. The van der Waals surface area contributed by atoms with Crippen molar-refractivity contribution in [3.8, 4) is 6.31 Å². The molecule has 0 aromatic rings. The monoisotopic (exact) mass is 346 g/mol. The van der Waals surface area contributed by atoms with Crippen molar-refractivity contribution in [2.45, 2.75) is 31.7 Å². The first-order chi connectivity index (χ1) is 6.31. The van der Waals surface area contributed by atoms with E-state index in [1.807, 2.05) is 6.92 Å². The first-order valence-corrected chi connectivity index (χ1v) is 8.58. The van der Waals surface area contributed by atoms with Crippen molar-refractivity contribution in [2.75, 3.05) is 0 Å². The molecule has 7 heteroatoms. The Kier molecular flexibility index (Phi) is 6.85. The molecule has 0 atom stereocenters. The van der Waals surface area contributed by atoms with Gasteiger partial charge in [-0.3, -0.25) is 0 Å². The molecular formula is C7H9F3O2SXe. The van der Waals surface area contributed by atoms with Crippen molar-refractivity contribution in [1.29, 1.82) is 0 Å². The Morgan fingerprint density at radius 2 is 1.93 bits per heavy atom. The van der Waals surface area contributed by atoms with Crippen LogP contribution < -0.4 is 0 Å². The van der Waals surface area contributed by atoms with E-state index in [1.54, 1.807) is 0 Å². The molecule has 0 N–H and O–H groups in total. The van der Waals surface area contributed by atoms with E-state index in [0.717, 1.165) is 12.8 Å². The molecule has 0 unspecified atom stereocenters. The van der Waals surface area contributed by atoms with E-state index in [2.05, 4.69) is 6.31 Å². The van der Waals surface area contributed by atoms with Crippen LogP contribution in [0.5, 0.6) is 0 Å². The number of alkyl halides is 3. The zero-order valence-corrected chi connectivity index (χ0v) is 10.2. The van der Waals surface area contributed by atoms with Gasteiger partial charge in [-0.05, 0) is 0 Å². The summed E-state index contributed by atoms with van der Waals surface area (Å²) >= 11 is -1.96. The first-order valence-electron chi connectivity index (χ1n) is 3.74. The molecule has 0 heterocycles. The van der Waals surface area contributed by atoms with Crippen molar-refractivity contribution < 1.29 is 63.6 Å². The molecule has 84 valence electrons. The van der Waals surface area contributed by atoms with E-state index < -0.39 is 49.7 Å². The number of hydrogen-bond donors (Lipinski definition) is 0. The molecule has 0 fully saturated rings. The number of halogens is 3. The van der Waals surface area contributed by atoms with Gasteiger partial charge in [-0.1, -0.05) is 0 Å². The van der Waals surface area contributed by atoms with Gasteiger partial charge in [-0.25, -0.2) is 0 Å². The van der Waals surface area contributed by atoms with Gasteiger partial charge in [0.05, 0.1) is 0 Å².